The minimum Gasteiger partial charge on any atom is -0.489 e. The first-order valence-electron chi connectivity index (χ1n) is 9.79. The molecule has 0 bridgehead atoms. The summed E-state index contributed by atoms with van der Waals surface area (Å²) < 4.78 is 39.2. The second-order valence-electron chi connectivity index (χ2n) is 7.13. The molecule has 0 aliphatic rings. The molecule has 5 heteroatoms. The standard InChI is InChI=1S/C26H17F2NO2/c27-20-10-11-22(23(28)15-20)18-9-12-24-25(14-18)31-26(29-24)19-7-4-8-21(13-19)30-16-17-5-2-1-3-6-17/h1-15H,16H2. The van der Waals surface area contributed by atoms with Crippen LogP contribution in [-0.4, -0.2) is 4.98 Å². The van der Waals surface area contributed by atoms with E-state index in [9.17, 15) is 8.78 Å². The molecule has 3 nitrogen and oxygen atoms in total. The number of halogens is 2. The van der Waals surface area contributed by atoms with Gasteiger partial charge in [0.1, 0.15) is 29.5 Å². The number of ether oxygens (including phenoxy) is 1. The Kier molecular flexibility index (Phi) is 4.92. The Morgan fingerprint density at radius 1 is 0.774 bits per heavy atom. The second-order valence-corrected chi connectivity index (χ2v) is 7.13. The van der Waals surface area contributed by atoms with Gasteiger partial charge in [-0.3, -0.25) is 0 Å². The van der Waals surface area contributed by atoms with Gasteiger partial charge < -0.3 is 9.15 Å². The topological polar surface area (TPSA) is 35.3 Å². The van der Waals surface area contributed by atoms with E-state index in [1.54, 1.807) is 18.2 Å². The van der Waals surface area contributed by atoms with Gasteiger partial charge in [-0.2, -0.15) is 0 Å². The van der Waals surface area contributed by atoms with Crippen LogP contribution in [0.3, 0.4) is 0 Å². The summed E-state index contributed by atoms with van der Waals surface area (Å²) in [6, 6.07) is 26.2. The molecule has 0 saturated heterocycles. The van der Waals surface area contributed by atoms with E-state index in [2.05, 4.69) is 4.98 Å². The van der Waals surface area contributed by atoms with Crippen LogP contribution in [0.4, 0.5) is 8.78 Å². The van der Waals surface area contributed by atoms with Crippen LogP contribution in [0, 0.1) is 11.6 Å². The van der Waals surface area contributed by atoms with E-state index in [0.29, 0.717) is 40.5 Å². The lowest BCUT2D eigenvalue weighted by atomic mass is 10.0. The summed E-state index contributed by atoms with van der Waals surface area (Å²) >= 11 is 0. The van der Waals surface area contributed by atoms with Crippen LogP contribution in [0.2, 0.25) is 0 Å². The average molecular weight is 413 g/mol. The lowest BCUT2D eigenvalue weighted by Gasteiger charge is -2.07. The first kappa shape index (κ1) is 19.0. The van der Waals surface area contributed by atoms with Crippen LogP contribution in [0.5, 0.6) is 5.75 Å². The molecule has 0 spiro atoms. The van der Waals surface area contributed by atoms with Crippen molar-refractivity contribution in [2.24, 2.45) is 0 Å². The summed E-state index contributed by atoms with van der Waals surface area (Å²) in [5.74, 6) is -0.0874. The number of hydrogen-bond acceptors (Lipinski definition) is 3. The zero-order valence-corrected chi connectivity index (χ0v) is 16.4. The van der Waals surface area contributed by atoms with E-state index in [1.807, 2.05) is 54.6 Å². The van der Waals surface area contributed by atoms with Crippen molar-refractivity contribution < 1.29 is 17.9 Å². The van der Waals surface area contributed by atoms with Crippen molar-refractivity contribution in [3.63, 3.8) is 0 Å². The van der Waals surface area contributed by atoms with Crippen molar-refractivity contribution in [3.8, 4) is 28.3 Å². The maximum atomic E-state index is 14.1. The van der Waals surface area contributed by atoms with Crippen molar-refractivity contribution >= 4 is 11.1 Å². The summed E-state index contributed by atoms with van der Waals surface area (Å²) in [5, 5.41) is 0. The van der Waals surface area contributed by atoms with Gasteiger partial charge >= 0.3 is 0 Å². The Morgan fingerprint density at radius 2 is 1.65 bits per heavy atom. The van der Waals surface area contributed by atoms with Crippen LogP contribution < -0.4 is 4.74 Å². The smallest absolute Gasteiger partial charge is 0.227 e. The first-order valence-corrected chi connectivity index (χ1v) is 9.79. The van der Waals surface area contributed by atoms with E-state index >= 15 is 0 Å². The number of hydrogen-bond donors (Lipinski definition) is 0. The first-order chi connectivity index (χ1) is 15.2. The quantitative estimate of drug-likeness (QED) is 0.311. The molecule has 0 atom stereocenters. The maximum Gasteiger partial charge on any atom is 0.227 e. The maximum absolute atomic E-state index is 14.1. The fourth-order valence-electron chi connectivity index (χ4n) is 3.40. The van der Waals surface area contributed by atoms with Gasteiger partial charge in [0.25, 0.3) is 0 Å². The van der Waals surface area contributed by atoms with Crippen molar-refractivity contribution in [1.29, 1.82) is 0 Å². The summed E-state index contributed by atoms with van der Waals surface area (Å²) in [6.45, 7) is 0.463. The summed E-state index contributed by atoms with van der Waals surface area (Å²) in [7, 11) is 0. The van der Waals surface area contributed by atoms with Crippen molar-refractivity contribution in [2.75, 3.05) is 0 Å². The Balaban J connectivity index is 1.43. The highest BCUT2D eigenvalue weighted by Crippen LogP contribution is 2.31. The zero-order chi connectivity index (χ0) is 21.2. The molecule has 0 aliphatic carbocycles. The van der Waals surface area contributed by atoms with E-state index in [-0.39, 0.29) is 0 Å². The predicted molar refractivity (Wildman–Crippen MR) is 116 cm³/mol. The molecule has 0 amide bonds. The number of benzene rings is 4. The highest BCUT2D eigenvalue weighted by molar-refractivity contribution is 5.82. The third-order valence-electron chi connectivity index (χ3n) is 4.96. The van der Waals surface area contributed by atoms with Crippen molar-refractivity contribution in [3.05, 3.63) is 108 Å². The second kappa shape index (κ2) is 8.03. The average Bonchev–Trinajstić information content (AvgIpc) is 3.22. The van der Waals surface area contributed by atoms with Gasteiger partial charge in [-0.25, -0.2) is 13.8 Å². The third kappa shape index (κ3) is 4.03. The van der Waals surface area contributed by atoms with Crippen LogP contribution in [0.15, 0.2) is 95.4 Å². The van der Waals surface area contributed by atoms with Gasteiger partial charge in [0.2, 0.25) is 5.89 Å². The fourth-order valence-corrected chi connectivity index (χ4v) is 3.40. The fraction of sp³-hybridized carbons (Fsp3) is 0.0385. The Morgan fingerprint density at radius 3 is 2.48 bits per heavy atom. The molecular formula is C26H17F2NO2. The van der Waals surface area contributed by atoms with Crippen LogP contribution in [0.25, 0.3) is 33.7 Å². The monoisotopic (exact) mass is 413 g/mol. The third-order valence-corrected chi connectivity index (χ3v) is 4.96. The molecule has 0 unspecified atom stereocenters. The highest BCUT2D eigenvalue weighted by atomic mass is 19.1. The highest BCUT2D eigenvalue weighted by Gasteiger charge is 2.12. The molecule has 0 fully saturated rings. The van der Waals surface area contributed by atoms with E-state index in [0.717, 1.165) is 17.2 Å². The Labute approximate surface area is 177 Å². The molecule has 31 heavy (non-hydrogen) atoms. The predicted octanol–water partition coefficient (Wildman–Crippen LogP) is 7.02. The number of fused-ring (bicyclic) bond motifs is 1. The van der Waals surface area contributed by atoms with E-state index in [1.165, 1.54) is 12.1 Å². The van der Waals surface area contributed by atoms with Gasteiger partial charge in [0.15, 0.2) is 5.58 Å². The normalized spacial score (nSPS) is 11.0. The Hall–Kier alpha value is -3.99. The van der Waals surface area contributed by atoms with Crippen molar-refractivity contribution in [1.82, 2.24) is 4.98 Å². The van der Waals surface area contributed by atoms with Crippen LogP contribution in [0.1, 0.15) is 5.56 Å². The minimum atomic E-state index is -0.623. The Bertz CT molecular complexity index is 1360. The van der Waals surface area contributed by atoms with E-state index < -0.39 is 11.6 Å². The molecule has 5 aromatic rings. The lowest BCUT2D eigenvalue weighted by Crippen LogP contribution is -1.94. The molecule has 0 aliphatic heterocycles. The minimum absolute atomic E-state index is 0.303. The zero-order valence-electron chi connectivity index (χ0n) is 16.4. The van der Waals surface area contributed by atoms with Crippen molar-refractivity contribution in [2.45, 2.75) is 6.61 Å². The molecule has 1 aromatic heterocycles. The molecule has 4 aromatic carbocycles. The SMILES string of the molecule is Fc1ccc(-c2ccc3nc(-c4cccc(OCc5ccccc5)c4)oc3c2)c(F)c1. The lowest BCUT2D eigenvalue weighted by molar-refractivity contribution is 0.306. The van der Waals surface area contributed by atoms with E-state index in [4.69, 9.17) is 9.15 Å². The van der Waals surface area contributed by atoms with Gasteiger partial charge in [0, 0.05) is 17.2 Å². The van der Waals surface area contributed by atoms with Gasteiger partial charge in [-0.05, 0) is 53.6 Å². The largest absolute Gasteiger partial charge is 0.489 e. The molecule has 152 valence electrons. The molecular weight excluding hydrogens is 396 g/mol. The van der Waals surface area contributed by atoms with Gasteiger partial charge in [-0.1, -0.05) is 42.5 Å². The van der Waals surface area contributed by atoms with Gasteiger partial charge in [0.05, 0.1) is 0 Å². The number of oxazole rings is 1. The number of rotatable bonds is 5. The molecule has 0 radical (unpaired) electrons. The van der Waals surface area contributed by atoms with Crippen LogP contribution in [-0.2, 0) is 6.61 Å². The number of nitrogens with zero attached hydrogens (tertiary/aromatic N) is 1. The summed E-state index contributed by atoms with van der Waals surface area (Å²) in [4.78, 5) is 4.54. The summed E-state index contributed by atoms with van der Waals surface area (Å²) in [6.07, 6.45) is 0. The van der Waals surface area contributed by atoms with Gasteiger partial charge in [-0.15, -0.1) is 0 Å². The molecule has 0 N–H and O–H groups in total. The summed E-state index contributed by atoms with van der Waals surface area (Å²) in [5.41, 5.74) is 3.92. The molecule has 0 saturated carbocycles. The van der Waals surface area contributed by atoms with Crippen LogP contribution >= 0.6 is 0 Å². The number of aromatic nitrogens is 1. The molecule has 5 rings (SSSR count). The molecule has 1 heterocycles.